The molecule has 2 aromatic heterocycles. The molecular formula is C28H24N3O+. The molecular weight excluding hydrogens is 394 g/mol. The fourth-order valence-electron chi connectivity index (χ4n) is 3.79. The number of nitrogens with zero attached hydrogens (tertiary/aromatic N) is 3. The average Bonchev–Trinajstić information content (AvgIpc) is 3.26. The maximum absolute atomic E-state index is 6.26. The average molecular weight is 419 g/mol. The predicted molar refractivity (Wildman–Crippen MR) is 127 cm³/mol. The van der Waals surface area contributed by atoms with Crippen LogP contribution in [0.15, 0.2) is 110 Å². The predicted octanol–water partition coefficient (Wildman–Crippen LogP) is 6.13. The highest BCUT2D eigenvalue weighted by molar-refractivity contribution is 5.70. The topological polar surface area (TPSA) is 30.9 Å². The molecule has 0 spiro atoms. The lowest BCUT2D eigenvalue weighted by atomic mass is 10.0. The van der Waals surface area contributed by atoms with E-state index in [2.05, 4.69) is 46.8 Å². The van der Waals surface area contributed by atoms with Gasteiger partial charge in [-0.3, -0.25) is 4.98 Å². The fourth-order valence-corrected chi connectivity index (χ4v) is 3.79. The number of hydrogen-bond acceptors (Lipinski definition) is 2. The second-order valence-corrected chi connectivity index (χ2v) is 7.92. The van der Waals surface area contributed by atoms with Crippen LogP contribution in [0.2, 0.25) is 0 Å². The Balaban J connectivity index is 1.44. The van der Waals surface area contributed by atoms with Gasteiger partial charge in [-0.1, -0.05) is 42.5 Å². The third kappa shape index (κ3) is 4.30. The molecule has 0 aliphatic heterocycles. The lowest BCUT2D eigenvalue weighted by Crippen LogP contribution is -2.23. The molecule has 0 atom stereocenters. The first kappa shape index (κ1) is 19.8. The molecule has 0 amide bonds. The summed E-state index contributed by atoms with van der Waals surface area (Å²) in [6.07, 6.45) is 7.94. The third-order valence-corrected chi connectivity index (χ3v) is 5.34. The molecule has 156 valence electrons. The van der Waals surface area contributed by atoms with Crippen molar-refractivity contribution in [1.82, 2.24) is 9.55 Å². The molecule has 0 unspecified atom stereocenters. The van der Waals surface area contributed by atoms with E-state index in [1.165, 1.54) is 5.56 Å². The van der Waals surface area contributed by atoms with Crippen molar-refractivity contribution in [3.8, 4) is 39.6 Å². The Morgan fingerprint density at radius 1 is 0.781 bits per heavy atom. The molecule has 0 fully saturated rings. The Labute approximate surface area is 188 Å². The molecule has 0 saturated carbocycles. The molecule has 2 heterocycles. The Hall–Kier alpha value is -4.18. The van der Waals surface area contributed by atoms with Crippen molar-refractivity contribution in [2.75, 3.05) is 0 Å². The number of ether oxygens (including phenoxy) is 1. The van der Waals surface area contributed by atoms with Gasteiger partial charge in [0, 0.05) is 17.8 Å². The second kappa shape index (κ2) is 8.52. The van der Waals surface area contributed by atoms with Crippen molar-refractivity contribution in [3.05, 3.63) is 115 Å². The molecule has 0 bridgehead atoms. The summed E-state index contributed by atoms with van der Waals surface area (Å²) < 4.78 is 10.4. The highest BCUT2D eigenvalue weighted by Gasteiger charge is 2.09. The number of aryl methyl sites for hydroxylation is 2. The molecule has 3 aromatic carbocycles. The zero-order chi connectivity index (χ0) is 21.9. The largest absolute Gasteiger partial charge is 0.457 e. The molecule has 4 heteroatoms. The van der Waals surface area contributed by atoms with E-state index in [1.807, 2.05) is 91.1 Å². The van der Waals surface area contributed by atoms with E-state index in [-0.39, 0.29) is 0 Å². The summed E-state index contributed by atoms with van der Waals surface area (Å²) in [7, 11) is 2.01. The van der Waals surface area contributed by atoms with Gasteiger partial charge in [-0.15, -0.1) is 0 Å². The van der Waals surface area contributed by atoms with Crippen LogP contribution in [0.4, 0.5) is 0 Å². The van der Waals surface area contributed by atoms with Gasteiger partial charge < -0.3 is 4.74 Å². The summed E-state index contributed by atoms with van der Waals surface area (Å²) in [5, 5.41) is 0. The molecule has 0 saturated heterocycles. The van der Waals surface area contributed by atoms with Crippen molar-refractivity contribution < 1.29 is 9.30 Å². The van der Waals surface area contributed by atoms with Crippen LogP contribution in [-0.4, -0.2) is 9.55 Å². The minimum absolute atomic E-state index is 0.782. The lowest BCUT2D eigenvalue weighted by molar-refractivity contribution is -0.670. The molecule has 5 aromatic rings. The van der Waals surface area contributed by atoms with Crippen molar-refractivity contribution in [1.29, 1.82) is 0 Å². The van der Waals surface area contributed by atoms with Crippen LogP contribution < -0.4 is 9.30 Å². The number of benzene rings is 3. The van der Waals surface area contributed by atoms with Crippen molar-refractivity contribution in [2.45, 2.75) is 6.92 Å². The fraction of sp³-hybridized carbons (Fsp3) is 0.0714. The highest BCUT2D eigenvalue weighted by atomic mass is 16.5. The van der Waals surface area contributed by atoms with Crippen LogP contribution in [0, 0.1) is 6.92 Å². The van der Waals surface area contributed by atoms with Crippen LogP contribution in [-0.2, 0) is 7.05 Å². The Bertz CT molecular complexity index is 1370. The van der Waals surface area contributed by atoms with Crippen LogP contribution >= 0.6 is 0 Å². The van der Waals surface area contributed by atoms with Gasteiger partial charge in [0.25, 0.3) is 0 Å². The Morgan fingerprint density at radius 3 is 2.44 bits per heavy atom. The van der Waals surface area contributed by atoms with Gasteiger partial charge in [0.1, 0.15) is 29.6 Å². The Kier molecular flexibility index (Phi) is 5.26. The van der Waals surface area contributed by atoms with E-state index >= 15 is 0 Å². The molecule has 32 heavy (non-hydrogen) atoms. The SMILES string of the molecule is Cc1cc(Oc2cccc(-c3cc(-c4ccccc4)ccn3)c2)cc(-n2cc[n+](C)c2)c1. The van der Waals surface area contributed by atoms with E-state index in [0.717, 1.165) is 39.6 Å². The summed E-state index contributed by atoms with van der Waals surface area (Å²) >= 11 is 0. The second-order valence-electron chi connectivity index (χ2n) is 7.92. The number of pyridine rings is 1. The van der Waals surface area contributed by atoms with Gasteiger partial charge in [-0.2, -0.15) is 0 Å². The molecule has 0 aliphatic rings. The zero-order valence-electron chi connectivity index (χ0n) is 18.1. The summed E-state index contributed by atoms with van der Waals surface area (Å²) in [6.45, 7) is 2.08. The van der Waals surface area contributed by atoms with Crippen LogP contribution in [0.1, 0.15) is 5.56 Å². The number of imidazole rings is 1. The van der Waals surface area contributed by atoms with E-state index < -0.39 is 0 Å². The quantitative estimate of drug-likeness (QED) is 0.321. The third-order valence-electron chi connectivity index (χ3n) is 5.34. The Morgan fingerprint density at radius 2 is 1.62 bits per heavy atom. The maximum atomic E-state index is 6.26. The van der Waals surface area contributed by atoms with Gasteiger partial charge >= 0.3 is 0 Å². The first-order valence-corrected chi connectivity index (χ1v) is 10.6. The highest BCUT2D eigenvalue weighted by Crippen LogP contribution is 2.30. The minimum atomic E-state index is 0.782. The summed E-state index contributed by atoms with van der Waals surface area (Å²) in [5.74, 6) is 1.59. The van der Waals surface area contributed by atoms with Gasteiger partial charge in [-0.05, 0) is 60.0 Å². The number of aromatic nitrogens is 3. The molecule has 0 radical (unpaired) electrons. The zero-order valence-corrected chi connectivity index (χ0v) is 18.1. The first-order valence-electron chi connectivity index (χ1n) is 10.6. The lowest BCUT2D eigenvalue weighted by Gasteiger charge is -2.10. The standard InChI is InChI=1S/C28H24N3O/c1-21-15-25(31-14-13-30(2)20-31)19-27(16-21)32-26-10-6-9-24(17-26)28-18-23(11-12-29-28)22-7-4-3-5-8-22/h3-20H,1-2H3/q+1. The number of hydrogen-bond donors (Lipinski definition) is 0. The van der Waals surface area contributed by atoms with E-state index in [4.69, 9.17) is 4.74 Å². The van der Waals surface area contributed by atoms with Gasteiger partial charge in [0.15, 0.2) is 0 Å². The first-order chi connectivity index (χ1) is 15.6. The molecule has 0 N–H and O–H groups in total. The van der Waals surface area contributed by atoms with Crippen LogP contribution in [0.5, 0.6) is 11.5 Å². The van der Waals surface area contributed by atoms with Crippen LogP contribution in [0.3, 0.4) is 0 Å². The van der Waals surface area contributed by atoms with E-state index in [9.17, 15) is 0 Å². The van der Waals surface area contributed by atoms with Gasteiger partial charge in [0.05, 0.1) is 12.7 Å². The summed E-state index contributed by atoms with van der Waals surface area (Å²) in [4.78, 5) is 4.59. The van der Waals surface area contributed by atoms with Crippen LogP contribution in [0.25, 0.3) is 28.1 Å². The summed E-state index contributed by atoms with van der Waals surface area (Å²) in [5.41, 5.74) is 6.46. The summed E-state index contributed by atoms with van der Waals surface area (Å²) in [6, 6.07) is 28.8. The minimum Gasteiger partial charge on any atom is -0.457 e. The molecule has 0 aliphatic carbocycles. The van der Waals surface area contributed by atoms with Gasteiger partial charge in [-0.25, -0.2) is 9.13 Å². The maximum Gasteiger partial charge on any atom is 0.248 e. The van der Waals surface area contributed by atoms with Gasteiger partial charge in [0.2, 0.25) is 6.33 Å². The normalized spacial score (nSPS) is 10.8. The van der Waals surface area contributed by atoms with E-state index in [1.54, 1.807) is 0 Å². The van der Waals surface area contributed by atoms with Crippen molar-refractivity contribution >= 4 is 0 Å². The monoisotopic (exact) mass is 418 g/mol. The number of rotatable bonds is 5. The molecule has 5 rings (SSSR count). The molecule has 4 nitrogen and oxygen atoms in total. The van der Waals surface area contributed by atoms with E-state index in [0.29, 0.717) is 0 Å². The van der Waals surface area contributed by atoms with Crippen molar-refractivity contribution in [2.24, 2.45) is 7.05 Å². The smallest absolute Gasteiger partial charge is 0.248 e. The van der Waals surface area contributed by atoms with Crippen molar-refractivity contribution in [3.63, 3.8) is 0 Å².